The van der Waals surface area contributed by atoms with Gasteiger partial charge in [-0.15, -0.1) is 11.0 Å². The Balaban J connectivity index is 2.22. The molecule has 25 heavy (non-hydrogen) atoms. The van der Waals surface area contributed by atoms with Crippen molar-refractivity contribution in [2.45, 2.75) is 31.7 Å². The first-order valence-electron chi connectivity index (χ1n) is 8.05. The summed E-state index contributed by atoms with van der Waals surface area (Å²) in [5.41, 5.74) is 3.20. The largest absolute Gasteiger partial charge is 0.312 e. The van der Waals surface area contributed by atoms with Gasteiger partial charge in [-0.1, -0.05) is 48.1 Å². The topological polar surface area (TPSA) is 51.4 Å². The third-order valence-corrected chi connectivity index (χ3v) is 6.42. The zero-order valence-corrected chi connectivity index (χ0v) is 15.9. The van der Waals surface area contributed by atoms with Crippen LogP contribution in [-0.2, 0) is 23.0 Å². The normalized spacial score (nSPS) is 12.6. The number of hydrogen-bond donors (Lipinski definition) is 0. The van der Waals surface area contributed by atoms with Crippen molar-refractivity contribution in [3.05, 3.63) is 71.0 Å². The summed E-state index contributed by atoms with van der Waals surface area (Å²) in [5, 5.41) is 0. The Morgan fingerprint density at radius 1 is 1.20 bits per heavy atom. The number of rotatable bonds is 5. The molecule has 3 rings (SSSR count). The minimum Gasteiger partial charge on any atom is -0.312 e. The highest BCUT2D eigenvalue weighted by molar-refractivity contribution is 7.90. The van der Waals surface area contributed by atoms with Gasteiger partial charge in [0.25, 0.3) is 10.0 Å². The van der Waals surface area contributed by atoms with Crippen LogP contribution in [0.25, 0.3) is 10.2 Å². The zero-order chi connectivity index (χ0) is 18.0. The molecule has 4 nitrogen and oxygen atoms in total. The number of sulfonamides is 1. The average Bonchev–Trinajstić information content (AvgIpc) is 2.91. The van der Waals surface area contributed by atoms with Crippen LogP contribution in [0.3, 0.4) is 0 Å². The molecule has 0 spiro atoms. The molecule has 0 aliphatic rings. The van der Waals surface area contributed by atoms with Gasteiger partial charge >= 0.3 is 0 Å². The fourth-order valence-corrected chi connectivity index (χ4v) is 4.88. The zero-order valence-electron chi connectivity index (χ0n) is 14.3. The van der Waals surface area contributed by atoms with E-state index in [2.05, 4.69) is 30.0 Å². The lowest BCUT2D eigenvalue weighted by Gasteiger charge is -2.03. The average molecular weight is 373 g/mol. The van der Waals surface area contributed by atoms with E-state index in [0.717, 1.165) is 22.2 Å². The van der Waals surface area contributed by atoms with Crippen molar-refractivity contribution >= 4 is 31.6 Å². The SMILES string of the molecule is C=CCn1/c(=N/S(=O)(=O)c2ccc(C)cc2)sc2cc(CC)ccc21. The summed E-state index contributed by atoms with van der Waals surface area (Å²) in [5.74, 6) is 0. The number of thiazole rings is 1. The molecule has 0 aliphatic heterocycles. The maximum atomic E-state index is 12.7. The van der Waals surface area contributed by atoms with Crippen LogP contribution in [0, 0.1) is 6.92 Å². The van der Waals surface area contributed by atoms with Gasteiger partial charge in [-0.3, -0.25) is 0 Å². The van der Waals surface area contributed by atoms with Gasteiger partial charge in [-0.25, -0.2) is 0 Å². The smallest absolute Gasteiger partial charge is 0.285 e. The summed E-state index contributed by atoms with van der Waals surface area (Å²) in [6, 6.07) is 12.9. The molecule has 1 aromatic heterocycles. The molecule has 3 aromatic rings. The first kappa shape index (κ1) is 17.6. The summed E-state index contributed by atoms with van der Waals surface area (Å²) in [7, 11) is -3.75. The molecule has 6 heteroatoms. The molecule has 0 atom stereocenters. The molecule has 130 valence electrons. The molecular weight excluding hydrogens is 352 g/mol. The molecule has 0 unspecified atom stereocenters. The molecule has 0 saturated carbocycles. The van der Waals surface area contributed by atoms with E-state index in [-0.39, 0.29) is 4.90 Å². The van der Waals surface area contributed by atoms with E-state index in [4.69, 9.17) is 0 Å². The number of nitrogens with zero attached hydrogens (tertiary/aromatic N) is 2. The van der Waals surface area contributed by atoms with E-state index in [1.807, 2.05) is 17.6 Å². The molecule has 0 fully saturated rings. The van der Waals surface area contributed by atoms with Crippen LogP contribution in [0.15, 0.2) is 64.4 Å². The number of aromatic nitrogens is 1. The van der Waals surface area contributed by atoms with E-state index >= 15 is 0 Å². The monoisotopic (exact) mass is 372 g/mol. The van der Waals surface area contributed by atoms with Crippen LogP contribution < -0.4 is 4.80 Å². The molecule has 0 amide bonds. The van der Waals surface area contributed by atoms with Crippen molar-refractivity contribution in [3.8, 4) is 0 Å². The Labute approximate surface area is 151 Å². The minimum atomic E-state index is -3.75. The van der Waals surface area contributed by atoms with Gasteiger partial charge in [-0.05, 0) is 43.2 Å². The molecular formula is C19H20N2O2S2. The third-order valence-electron chi connectivity index (χ3n) is 3.98. The third kappa shape index (κ3) is 3.60. The lowest BCUT2D eigenvalue weighted by atomic mass is 10.2. The highest BCUT2D eigenvalue weighted by Gasteiger charge is 2.14. The van der Waals surface area contributed by atoms with E-state index in [9.17, 15) is 8.42 Å². The van der Waals surface area contributed by atoms with Crippen molar-refractivity contribution in [2.24, 2.45) is 4.40 Å². The Kier molecular flexibility index (Phi) is 4.92. The molecule has 1 heterocycles. The predicted octanol–water partition coefficient (Wildman–Crippen LogP) is 4.05. The van der Waals surface area contributed by atoms with E-state index in [1.54, 1.807) is 30.3 Å². The van der Waals surface area contributed by atoms with Crippen LogP contribution in [0.5, 0.6) is 0 Å². The highest BCUT2D eigenvalue weighted by Crippen LogP contribution is 2.21. The van der Waals surface area contributed by atoms with Gasteiger partial charge in [0, 0.05) is 6.54 Å². The standard InChI is InChI=1S/C19H20N2O2S2/c1-4-12-21-17-11-8-15(5-2)13-18(17)24-19(21)20-25(22,23)16-9-6-14(3)7-10-16/h4,6-11,13H,1,5,12H2,2-3H3/b20-19-. The number of allylic oxidation sites excluding steroid dienone is 1. The maximum Gasteiger partial charge on any atom is 0.285 e. The van der Waals surface area contributed by atoms with Gasteiger partial charge in [0.2, 0.25) is 4.80 Å². The van der Waals surface area contributed by atoms with Gasteiger partial charge < -0.3 is 4.57 Å². The van der Waals surface area contributed by atoms with Crippen molar-refractivity contribution in [3.63, 3.8) is 0 Å². The number of fused-ring (bicyclic) bond motifs is 1. The second-order valence-electron chi connectivity index (χ2n) is 5.82. The Morgan fingerprint density at radius 2 is 1.92 bits per heavy atom. The Morgan fingerprint density at radius 3 is 2.56 bits per heavy atom. The summed E-state index contributed by atoms with van der Waals surface area (Å²) in [6.45, 7) is 8.30. The van der Waals surface area contributed by atoms with E-state index in [0.29, 0.717) is 11.3 Å². The van der Waals surface area contributed by atoms with Crippen LogP contribution in [0.2, 0.25) is 0 Å². The predicted molar refractivity (Wildman–Crippen MR) is 103 cm³/mol. The second kappa shape index (κ2) is 6.98. The number of aryl methyl sites for hydroxylation is 2. The summed E-state index contributed by atoms with van der Waals surface area (Å²) in [6.07, 6.45) is 2.68. The van der Waals surface area contributed by atoms with E-state index < -0.39 is 10.0 Å². The fourth-order valence-electron chi connectivity index (χ4n) is 2.58. The van der Waals surface area contributed by atoms with Crippen LogP contribution in [-0.4, -0.2) is 13.0 Å². The van der Waals surface area contributed by atoms with Gasteiger partial charge in [0.1, 0.15) is 0 Å². The van der Waals surface area contributed by atoms with Crippen molar-refractivity contribution in [1.29, 1.82) is 0 Å². The molecule has 0 radical (unpaired) electrons. The summed E-state index contributed by atoms with van der Waals surface area (Å²) in [4.78, 5) is 0.665. The second-order valence-corrected chi connectivity index (χ2v) is 8.43. The molecule has 0 N–H and O–H groups in total. The Bertz CT molecular complexity index is 1090. The first-order chi connectivity index (χ1) is 11.9. The van der Waals surface area contributed by atoms with Crippen LogP contribution in [0.1, 0.15) is 18.1 Å². The maximum absolute atomic E-state index is 12.7. The van der Waals surface area contributed by atoms with Crippen LogP contribution >= 0.6 is 11.3 Å². The van der Waals surface area contributed by atoms with Crippen molar-refractivity contribution < 1.29 is 8.42 Å². The van der Waals surface area contributed by atoms with Gasteiger partial charge in [0.05, 0.1) is 15.1 Å². The van der Waals surface area contributed by atoms with Gasteiger partial charge in [-0.2, -0.15) is 8.42 Å². The van der Waals surface area contributed by atoms with Crippen LogP contribution in [0.4, 0.5) is 0 Å². The molecule has 2 aromatic carbocycles. The minimum absolute atomic E-state index is 0.204. The lowest BCUT2D eigenvalue weighted by Crippen LogP contribution is -2.16. The summed E-state index contributed by atoms with van der Waals surface area (Å²) < 4.78 is 32.4. The Hall–Kier alpha value is -2.18. The van der Waals surface area contributed by atoms with Crippen molar-refractivity contribution in [2.75, 3.05) is 0 Å². The molecule has 0 aliphatic carbocycles. The molecule has 0 bridgehead atoms. The highest BCUT2D eigenvalue weighted by atomic mass is 32.2. The number of hydrogen-bond acceptors (Lipinski definition) is 3. The van der Waals surface area contributed by atoms with Gasteiger partial charge in [0.15, 0.2) is 0 Å². The quantitative estimate of drug-likeness (QED) is 0.635. The lowest BCUT2D eigenvalue weighted by molar-refractivity contribution is 0.596. The first-order valence-corrected chi connectivity index (χ1v) is 10.3. The van der Waals surface area contributed by atoms with E-state index in [1.165, 1.54) is 16.9 Å². The fraction of sp³-hybridized carbons (Fsp3) is 0.211. The van der Waals surface area contributed by atoms with Crippen molar-refractivity contribution in [1.82, 2.24) is 4.57 Å². The molecule has 0 saturated heterocycles. The summed E-state index contributed by atoms with van der Waals surface area (Å²) >= 11 is 1.39. The number of benzene rings is 2.